The first kappa shape index (κ1) is 34.0. The van der Waals surface area contributed by atoms with E-state index < -0.39 is 61.6 Å². The summed E-state index contributed by atoms with van der Waals surface area (Å²) in [6, 6.07) is 0.504. The maximum Gasteiger partial charge on any atom is 0.501 e. The molecule has 0 heterocycles. The van der Waals surface area contributed by atoms with Crippen molar-refractivity contribution in [3.8, 4) is 0 Å². The van der Waals surface area contributed by atoms with E-state index in [1.54, 1.807) is 41.5 Å². The second-order valence-corrected chi connectivity index (χ2v) is 16.1. The summed E-state index contributed by atoms with van der Waals surface area (Å²) in [6.07, 6.45) is -1.04. The van der Waals surface area contributed by atoms with Gasteiger partial charge < -0.3 is 26.6 Å². The number of rotatable bonds is 21. The normalized spacial score (nSPS) is 15.4. The fraction of sp³-hybridized carbons (Fsp3) is 1.00. The second kappa shape index (κ2) is 16.0. The van der Waals surface area contributed by atoms with Crippen molar-refractivity contribution in [1.82, 2.24) is 0 Å². The fourth-order valence-electron chi connectivity index (χ4n) is 3.17. The Labute approximate surface area is 206 Å². The molecule has 0 bridgehead atoms. The predicted octanol–water partition coefficient (Wildman–Crippen LogP) is 2.38. The molecule has 0 aliphatic carbocycles. The van der Waals surface area contributed by atoms with Crippen LogP contribution in [0.2, 0.25) is 12.1 Å². The summed E-state index contributed by atoms with van der Waals surface area (Å²) in [6.45, 7) is 11.7. The van der Waals surface area contributed by atoms with E-state index in [1.807, 2.05) is 0 Å². The second-order valence-electron chi connectivity index (χ2n) is 7.60. The minimum atomic E-state index is -4.14. The van der Waals surface area contributed by atoms with Crippen molar-refractivity contribution < 1.29 is 52.5 Å². The van der Waals surface area contributed by atoms with Crippen LogP contribution in [0.3, 0.4) is 0 Å². The number of hydrogen-bond acceptors (Lipinski definition) is 10. The maximum absolute atomic E-state index is 11.1. The summed E-state index contributed by atoms with van der Waals surface area (Å²) >= 11 is 0. The van der Waals surface area contributed by atoms with Gasteiger partial charge in [0.25, 0.3) is 20.2 Å². The van der Waals surface area contributed by atoms with Crippen LogP contribution in [0.4, 0.5) is 0 Å². The highest BCUT2D eigenvalue weighted by Gasteiger charge is 2.50. The third-order valence-corrected chi connectivity index (χ3v) is 12.7. The van der Waals surface area contributed by atoms with Crippen LogP contribution < -0.4 is 0 Å². The molecule has 16 heteroatoms. The molecule has 0 aromatic heterocycles. The van der Waals surface area contributed by atoms with Gasteiger partial charge in [0.05, 0.1) is 11.5 Å². The molecule has 0 aliphatic rings. The molecule has 0 aromatic carbocycles. The molecular weight excluding hydrogens is 528 g/mol. The van der Waals surface area contributed by atoms with Gasteiger partial charge in [-0.1, -0.05) is 0 Å². The Morgan fingerprint density at radius 2 is 0.882 bits per heavy atom. The molecular formula is C18H42O12S2Si2. The minimum Gasteiger partial charge on any atom is -0.374 e. The van der Waals surface area contributed by atoms with Gasteiger partial charge in [-0.05, 0) is 54.4 Å². The van der Waals surface area contributed by atoms with Gasteiger partial charge in [0, 0.05) is 50.7 Å². The van der Waals surface area contributed by atoms with E-state index in [2.05, 4.69) is 0 Å². The highest BCUT2D eigenvalue weighted by Crippen LogP contribution is 2.29. The molecule has 0 rings (SSSR count). The van der Waals surface area contributed by atoms with Gasteiger partial charge in [0.1, 0.15) is 0 Å². The van der Waals surface area contributed by atoms with E-state index in [-0.39, 0.29) is 24.9 Å². The van der Waals surface area contributed by atoms with Crippen molar-refractivity contribution in [1.29, 1.82) is 0 Å². The Hall–Kier alpha value is 0.0138. The molecule has 0 spiro atoms. The minimum absolute atomic E-state index is 0.0520. The molecule has 0 aromatic rings. The third-order valence-electron chi connectivity index (χ3n) is 4.52. The van der Waals surface area contributed by atoms with Gasteiger partial charge in [0.15, 0.2) is 0 Å². The van der Waals surface area contributed by atoms with Gasteiger partial charge in [-0.3, -0.25) is 9.11 Å². The largest absolute Gasteiger partial charge is 0.501 e. The van der Waals surface area contributed by atoms with Crippen molar-refractivity contribution in [2.75, 3.05) is 37.9 Å². The molecule has 34 heavy (non-hydrogen) atoms. The summed E-state index contributed by atoms with van der Waals surface area (Å²) < 4.78 is 98.6. The van der Waals surface area contributed by atoms with Crippen molar-refractivity contribution in [2.45, 2.75) is 78.7 Å². The first-order valence-electron chi connectivity index (χ1n) is 11.5. The lowest BCUT2D eigenvalue weighted by molar-refractivity contribution is 0.0256. The summed E-state index contributed by atoms with van der Waals surface area (Å²) in [5.41, 5.74) is 0. The highest BCUT2D eigenvalue weighted by atomic mass is 32.2. The Morgan fingerprint density at radius 1 is 0.618 bits per heavy atom. The van der Waals surface area contributed by atoms with Crippen molar-refractivity contribution in [3.05, 3.63) is 0 Å². The van der Waals surface area contributed by atoms with Crippen LogP contribution in [0.1, 0.15) is 54.4 Å². The SMILES string of the molecule is CCO[Si](CC[Si](OCC)(OCC)OC(C)CCS(=O)(=O)O)(OCC)OC(C)CCS(=O)(=O)O. The molecule has 0 amide bonds. The lowest BCUT2D eigenvalue weighted by atomic mass is 10.3. The van der Waals surface area contributed by atoms with Gasteiger partial charge in [-0.2, -0.15) is 16.8 Å². The molecule has 0 fully saturated rings. The van der Waals surface area contributed by atoms with E-state index in [9.17, 15) is 16.8 Å². The standard InChI is InChI=1S/C18H42O12S2Si2/c1-7-25-33(26-8-2,29-17(5)11-13-31(19,20)21)15-16-34(27-9-3,28-10-4)30-18(6)12-14-32(22,23)24/h17-18H,7-16H2,1-6H3,(H,19,20,21)(H,22,23,24). The molecule has 0 saturated carbocycles. The first-order chi connectivity index (χ1) is 15.7. The Bertz CT molecular complexity index is 687. The Balaban J connectivity index is 5.69. The average molecular weight is 571 g/mol. The monoisotopic (exact) mass is 570 g/mol. The van der Waals surface area contributed by atoms with Crippen LogP contribution in [0.15, 0.2) is 0 Å². The van der Waals surface area contributed by atoms with E-state index in [0.29, 0.717) is 26.4 Å². The van der Waals surface area contributed by atoms with Gasteiger partial charge >= 0.3 is 17.6 Å². The predicted molar refractivity (Wildman–Crippen MR) is 131 cm³/mol. The molecule has 206 valence electrons. The Kier molecular flexibility index (Phi) is 16.0. The third kappa shape index (κ3) is 15.2. The zero-order valence-corrected chi connectivity index (χ0v) is 24.7. The fourth-order valence-corrected chi connectivity index (χ4v) is 11.4. The molecule has 0 radical (unpaired) electrons. The maximum atomic E-state index is 11.1. The van der Waals surface area contributed by atoms with Crippen LogP contribution in [0.5, 0.6) is 0 Å². The van der Waals surface area contributed by atoms with Crippen LogP contribution >= 0.6 is 0 Å². The molecule has 0 aliphatic heterocycles. The van der Waals surface area contributed by atoms with Gasteiger partial charge in [-0.15, -0.1) is 0 Å². The topological polar surface area (TPSA) is 164 Å². The van der Waals surface area contributed by atoms with E-state index >= 15 is 0 Å². The molecule has 2 N–H and O–H groups in total. The quantitative estimate of drug-likeness (QED) is 0.153. The van der Waals surface area contributed by atoms with Gasteiger partial charge in [0.2, 0.25) is 0 Å². The van der Waals surface area contributed by atoms with Gasteiger partial charge in [-0.25, -0.2) is 0 Å². The van der Waals surface area contributed by atoms with Crippen LogP contribution in [0, 0.1) is 0 Å². The lowest BCUT2D eigenvalue weighted by Gasteiger charge is -2.36. The Morgan fingerprint density at radius 3 is 1.09 bits per heavy atom. The van der Waals surface area contributed by atoms with E-state index in [0.717, 1.165) is 0 Å². The highest BCUT2D eigenvalue weighted by molar-refractivity contribution is 7.86. The summed E-state index contributed by atoms with van der Waals surface area (Å²) in [4.78, 5) is 0. The number of hydrogen-bond donors (Lipinski definition) is 2. The van der Waals surface area contributed by atoms with Crippen molar-refractivity contribution >= 4 is 37.8 Å². The lowest BCUT2D eigenvalue weighted by Crippen LogP contribution is -2.53. The smallest absolute Gasteiger partial charge is 0.374 e. The zero-order chi connectivity index (χ0) is 26.5. The van der Waals surface area contributed by atoms with Crippen molar-refractivity contribution in [2.24, 2.45) is 0 Å². The molecule has 2 unspecified atom stereocenters. The van der Waals surface area contributed by atoms with Crippen LogP contribution in [0.25, 0.3) is 0 Å². The molecule has 2 atom stereocenters. The average Bonchev–Trinajstić information content (AvgIpc) is 2.69. The summed E-state index contributed by atoms with van der Waals surface area (Å²) in [5.74, 6) is -0.913. The van der Waals surface area contributed by atoms with E-state index in [4.69, 9.17) is 35.7 Å². The van der Waals surface area contributed by atoms with E-state index in [1.165, 1.54) is 0 Å². The van der Waals surface area contributed by atoms with Crippen LogP contribution in [-0.4, -0.2) is 93.7 Å². The van der Waals surface area contributed by atoms with Crippen LogP contribution in [-0.2, 0) is 46.8 Å². The molecule has 12 nitrogen and oxygen atoms in total. The first-order valence-corrected chi connectivity index (χ1v) is 18.5. The van der Waals surface area contributed by atoms with Crippen molar-refractivity contribution in [3.63, 3.8) is 0 Å². The molecule has 0 saturated heterocycles. The summed E-state index contributed by atoms with van der Waals surface area (Å²) in [5, 5.41) is 0. The zero-order valence-electron chi connectivity index (χ0n) is 21.0. The summed E-state index contributed by atoms with van der Waals surface area (Å²) in [7, 11) is -15.0.